The molecule has 3 nitrogen and oxygen atoms in total. The summed E-state index contributed by atoms with van der Waals surface area (Å²) in [6.07, 6.45) is 1.58. The second kappa shape index (κ2) is 7.62. The van der Waals surface area contributed by atoms with E-state index in [4.69, 9.17) is 4.74 Å². The second-order valence-electron chi connectivity index (χ2n) is 6.45. The summed E-state index contributed by atoms with van der Waals surface area (Å²) in [5, 5.41) is 3.24. The van der Waals surface area contributed by atoms with E-state index in [2.05, 4.69) is 12.2 Å². The molecule has 0 amide bonds. The van der Waals surface area contributed by atoms with Crippen LogP contribution < -0.4 is 10.1 Å². The molecular weight excluding hydrogens is 344 g/mol. The Morgan fingerprint density at radius 3 is 2.28 bits per heavy atom. The van der Waals surface area contributed by atoms with E-state index in [1.165, 1.54) is 12.1 Å². The number of hydrogen-bond acceptors (Lipinski definition) is 3. The van der Waals surface area contributed by atoms with E-state index in [1.807, 2.05) is 0 Å². The van der Waals surface area contributed by atoms with Gasteiger partial charge in [-0.1, -0.05) is 19.1 Å². The van der Waals surface area contributed by atoms with Crippen LogP contribution >= 0.6 is 0 Å². The first kappa shape index (κ1) is 18.0. The van der Waals surface area contributed by atoms with Crippen LogP contribution in [0, 0.1) is 23.5 Å². The van der Waals surface area contributed by atoms with Crippen molar-refractivity contribution in [2.75, 3.05) is 26.0 Å². The zero-order chi connectivity index (χ0) is 18.0. The van der Waals surface area contributed by atoms with Gasteiger partial charge in [0.05, 0.1) is 6.61 Å². The van der Waals surface area contributed by atoms with Gasteiger partial charge in [-0.05, 0) is 47.9 Å². The minimum absolute atomic E-state index is 0.251. The standard InChI is InChI=1S/C19H21F2NO2S/c1-12-9-22-10-15(12)11-24-19-17(20)7-14(8-18(19)21)13-3-5-16(6-4-13)25(2)23/h3-8,12,15,22H,9-11H2,1-2H3/t12?,15-,25?/m0/s1. The van der Waals surface area contributed by atoms with Gasteiger partial charge in [0, 0.05) is 34.4 Å². The topological polar surface area (TPSA) is 38.3 Å². The molecule has 3 rings (SSSR count). The summed E-state index contributed by atoms with van der Waals surface area (Å²) < 4.78 is 45.5. The molecule has 0 spiro atoms. The monoisotopic (exact) mass is 365 g/mol. The molecule has 1 fully saturated rings. The minimum Gasteiger partial charge on any atom is -0.487 e. The fraction of sp³-hybridized carbons (Fsp3) is 0.368. The van der Waals surface area contributed by atoms with Gasteiger partial charge in [-0.2, -0.15) is 0 Å². The highest BCUT2D eigenvalue weighted by Crippen LogP contribution is 2.30. The lowest BCUT2D eigenvalue weighted by molar-refractivity contribution is 0.215. The maximum absolute atomic E-state index is 14.3. The van der Waals surface area contributed by atoms with Crippen molar-refractivity contribution in [3.63, 3.8) is 0 Å². The first-order valence-corrected chi connectivity index (χ1v) is 9.78. The van der Waals surface area contributed by atoms with Gasteiger partial charge in [-0.3, -0.25) is 4.21 Å². The highest BCUT2D eigenvalue weighted by atomic mass is 32.2. The molecule has 6 heteroatoms. The molecule has 2 unspecified atom stereocenters. The van der Waals surface area contributed by atoms with Gasteiger partial charge >= 0.3 is 0 Å². The Morgan fingerprint density at radius 2 is 1.76 bits per heavy atom. The Hall–Kier alpha value is -1.79. The molecule has 1 N–H and O–H groups in total. The largest absolute Gasteiger partial charge is 0.487 e. The number of halogens is 2. The van der Waals surface area contributed by atoms with Crippen molar-refractivity contribution in [1.82, 2.24) is 5.32 Å². The fourth-order valence-electron chi connectivity index (χ4n) is 2.98. The van der Waals surface area contributed by atoms with Crippen molar-refractivity contribution in [3.8, 4) is 16.9 Å². The van der Waals surface area contributed by atoms with Crippen molar-refractivity contribution in [2.45, 2.75) is 11.8 Å². The van der Waals surface area contributed by atoms with Crippen LogP contribution in [0.25, 0.3) is 11.1 Å². The number of benzene rings is 2. The van der Waals surface area contributed by atoms with Gasteiger partial charge in [-0.25, -0.2) is 8.78 Å². The van der Waals surface area contributed by atoms with Crippen LogP contribution in [0.5, 0.6) is 5.75 Å². The SMILES string of the molecule is CC1CNC[C@H]1COc1c(F)cc(-c2ccc(S(C)=O)cc2)cc1F. The average molecular weight is 365 g/mol. The lowest BCUT2D eigenvalue weighted by Crippen LogP contribution is -2.19. The summed E-state index contributed by atoms with van der Waals surface area (Å²) in [4.78, 5) is 0.670. The van der Waals surface area contributed by atoms with Crippen molar-refractivity contribution >= 4 is 10.8 Å². The third-order valence-corrected chi connectivity index (χ3v) is 5.57. The molecule has 2 aromatic carbocycles. The Kier molecular flexibility index (Phi) is 5.49. The molecule has 3 atom stereocenters. The predicted molar refractivity (Wildman–Crippen MR) is 95.1 cm³/mol. The Morgan fingerprint density at radius 1 is 1.12 bits per heavy atom. The molecule has 0 saturated carbocycles. The molecule has 2 aromatic rings. The summed E-state index contributed by atoms with van der Waals surface area (Å²) in [6.45, 7) is 4.08. The molecule has 1 saturated heterocycles. The highest BCUT2D eigenvalue weighted by molar-refractivity contribution is 7.84. The highest BCUT2D eigenvalue weighted by Gasteiger charge is 2.24. The molecule has 0 aromatic heterocycles. The quantitative estimate of drug-likeness (QED) is 0.880. The molecule has 0 aliphatic carbocycles. The Balaban J connectivity index is 1.78. The Bertz CT molecular complexity index is 756. The average Bonchev–Trinajstić information content (AvgIpc) is 2.99. The fourth-order valence-corrected chi connectivity index (χ4v) is 3.50. The van der Waals surface area contributed by atoms with Crippen LogP contribution in [0.15, 0.2) is 41.3 Å². The minimum atomic E-state index is -1.09. The first-order valence-electron chi connectivity index (χ1n) is 8.22. The van der Waals surface area contributed by atoms with Crippen LogP contribution in [-0.2, 0) is 10.8 Å². The van der Waals surface area contributed by atoms with Crippen molar-refractivity contribution in [3.05, 3.63) is 48.0 Å². The van der Waals surface area contributed by atoms with E-state index >= 15 is 0 Å². The van der Waals surface area contributed by atoms with E-state index in [0.717, 1.165) is 13.1 Å². The molecule has 134 valence electrons. The number of hydrogen-bond donors (Lipinski definition) is 1. The zero-order valence-corrected chi connectivity index (χ0v) is 15.0. The van der Waals surface area contributed by atoms with Gasteiger partial charge in [-0.15, -0.1) is 0 Å². The molecule has 1 aliphatic heterocycles. The Labute approximate surface area is 148 Å². The first-order chi connectivity index (χ1) is 12.0. The van der Waals surface area contributed by atoms with E-state index in [0.29, 0.717) is 28.5 Å². The third-order valence-electron chi connectivity index (χ3n) is 4.64. The molecule has 0 bridgehead atoms. The van der Waals surface area contributed by atoms with Crippen molar-refractivity contribution < 1.29 is 17.7 Å². The summed E-state index contributed by atoms with van der Waals surface area (Å²) in [7, 11) is -1.09. The molecule has 25 heavy (non-hydrogen) atoms. The van der Waals surface area contributed by atoms with Crippen LogP contribution in [0.4, 0.5) is 8.78 Å². The summed E-state index contributed by atoms with van der Waals surface area (Å²) in [5.74, 6) is -1.07. The predicted octanol–water partition coefficient (Wildman–Crippen LogP) is 3.60. The summed E-state index contributed by atoms with van der Waals surface area (Å²) >= 11 is 0. The summed E-state index contributed by atoms with van der Waals surface area (Å²) in [5.41, 5.74) is 1.08. The van der Waals surface area contributed by atoms with Crippen molar-refractivity contribution in [1.29, 1.82) is 0 Å². The van der Waals surface area contributed by atoms with E-state index in [-0.39, 0.29) is 11.7 Å². The van der Waals surface area contributed by atoms with Gasteiger partial charge in [0.25, 0.3) is 0 Å². The number of nitrogens with one attached hydrogen (secondary N) is 1. The van der Waals surface area contributed by atoms with Crippen LogP contribution in [0.2, 0.25) is 0 Å². The van der Waals surface area contributed by atoms with Crippen LogP contribution in [0.1, 0.15) is 6.92 Å². The maximum atomic E-state index is 14.3. The van der Waals surface area contributed by atoms with Gasteiger partial charge in [0.2, 0.25) is 0 Å². The normalized spacial score (nSPS) is 21.3. The van der Waals surface area contributed by atoms with Crippen LogP contribution in [0.3, 0.4) is 0 Å². The van der Waals surface area contributed by atoms with Gasteiger partial charge in [0.15, 0.2) is 17.4 Å². The number of rotatable bonds is 5. The van der Waals surface area contributed by atoms with E-state index < -0.39 is 22.4 Å². The number of ether oxygens (including phenoxy) is 1. The van der Waals surface area contributed by atoms with Gasteiger partial charge < -0.3 is 10.1 Å². The maximum Gasteiger partial charge on any atom is 0.190 e. The zero-order valence-electron chi connectivity index (χ0n) is 14.2. The van der Waals surface area contributed by atoms with Crippen LogP contribution in [-0.4, -0.2) is 30.2 Å². The molecule has 0 radical (unpaired) electrons. The lowest BCUT2D eigenvalue weighted by atomic mass is 9.99. The molecule has 1 heterocycles. The third kappa shape index (κ3) is 4.07. The molecule has 1 aliphatic rings. The van der Waals surface area contributed by atoms with Crippen molar-refractivity contribution in [2.24, 2.45) is 11.8 Å². The van der Waals surface area contributed by atoms with Gasteiger partial charge in [0.1, 0.15) is 0 Å². The second-order valence-corrected chi connectivity index (χ2v) is 7.83. The lowest BCUT2D eigenvalue weighted by Gasteiger charge is -2.16. The van der Waals surface area contributed by atoms with E-state index in [9.17, 15) is 13.0 Å². The smallest absolute Gasteiger partial charge is 0.190 e. The van der Waals surface area contributed by atoms with E-state index in [1.54, 1.807) is 30.5 Å². The molecular formula is C19H21F2NO2S. The summed E-state index contributed by atoms with van der Waals surface area (Å²) in [6, 6.07) is 9.34.